The third-order valence-electron chi connectivity index (χ3n) is 3.64. The predicted octanol–water partition coefficient (Wildman–Crippen LogP) is 3.65. The van der Waals surface area contributed by atoms with Crippen LogP contribution in [0.25, 0.3) is 0 Å². The van der Waals surface area contributed by atoms with Crippen molar-refractivity contribution in [3.63, 3.8) is 0 Å². The van der Waals surface area contributed by atoms with Crippen LogP contribution in [0.3, 0.4) is 0 Å². The highest BCUT2D eigenvalue weighted by Gasteiger charge is 2.11. The summed E-state index contributed by atoms with van der Waals surface area (Å²) in [5.74, 6) is 1.69. The van der Waals surface area contributed by atoms with Crippen LogP contribution in [0.1, 0.15) is 16.7 Å². The van der Waals surface area contributed by atoms with Crippen molar-refractivity contribution >= 4 is 11.6 Å². The number of hydrogen-bond donors (Lipinski definition) is 1. The van der Waals surface area contributed by atoms with Crippen molar-refractivity contribution in [1.29, 1.82) is 0 Å². The van der Waals surface area contributed by atoms with Crippen LogP contribution in [-0.2, 0) is 4.79 Å². The van der Waals surface area contributed by atoms with Crippen molar-refractivity contribution in [3.05, 3.63) is 47.0 Å². The van der Waals surface area contributed by atoms with Crippen molar-refractivity contribution in [1.82, 2.24) is 0 Å². The molecule has 0 atom stereocenters. The molecule has 5 heteroatoms. The lowest BCUT2D eigenvalue weighted by Crippen LogP contribution is -2.21. The van der Waals surface area contributed by atoms with E-state index in [4.69, 9.17) is 14.2 Å². The molecule has 0 saturated carbocycles. The molecule has 24 heavy (non-hydrogen) atoms. The van der Waals surface area contributed by atoms with E-state index in [9.17, 15) is 4.79 Å². The van der Waals surface area contributed by atoms with Crippen LogP contribution < -0.4 is 19.5 Å². The molecule has 5 nitrogen and oxygen atoms in total. The average molecular weight is 329 g/mol. The predicted molar refractivity (Wildman–Crippen MR) is 94.3 cm³/mol. The van der Waals surface area contributed by atoms with E-state index in [2.05, 4.69) is 5.32 Å². The smallest absolute Gasteiger partial charge is 0.262 e. The number of methoxy groups -OCH3 is 2. The molecule has 0 aromatic heterocycles. The summed E-state index contributed by atoms with van der Waals surface area (Å²) < 4.78 is 16.1. The zero-order valence-corrected chi connectivity index (χ0v) is 14.7. The lowest BCUT2D eigenvalue weighted by atomic mass is 10.1. The van der Waals surface area contributed by atoms with E-state index in [1.165, 1.54) is 5.56 Å². The van der Waals surface area contributed by atoms with Gasteiger partial charge in [0.1, 0.15) is 17.2 Å². The summed E-state index contributed by atoms with van der Waals surface area (Å²) in [5.41, 5.74) is 3.78. The zero-order chi connectivity index (χ0) is 17.7. The van der Waals surface area contributed by atoms with Crippen molar-refractivity contribution in [2.45, 2.75) is 20.8 Å². The fraction of sp³-hybridized carbons (Fsp3) is 0.316. The Bertz CT molecular complexity index is 717. The minimum atomic E-state index is -0.252. The summed E-state index contributed by atoms with van der Waals surface area (Å²) in [6.45, 7) is 5.91. The molecule has 0 unspecified atom stereocenters. The number of carbonyl (C=O) groups is 1. The van der Waals surface area contributed by atoms with E-state index in [1.807, 2.05) is 32.9 Å². The average Bonchev–Trinajstić information content (AvgIpc) is 2.54. The fourth-order valence-corrected chi connectivity index (χ4v) is 2.62. The zero-order valence-electron chi connectivity index (χ0n) is 14.7. The SMILES string of the molecule is COc1ccc(NC(=O)COc2c(C)cc(C)cc2C)c(OC)c1. The lowest BCUT2D eigenvalue weighted by Gasteiger charge is -2.14. The van der Waals surface area contributed by atoms with E-state index in [0.29, 0.717) is 17.2 Å². The van der Waals surface area contributed by atoms with E-state index in [0.717, 1.165) is 16.9 Å². The Morgan fingerprint density at radius 2 is 1.67 bits per heavy atom. The quantitative estimate of drug-likeness (QED) is 0.879. The summed E-state index contributed by atoms with van der Waals surface area (Å²) >= 11 is 0. The Balaban J connectivity index is 2.04. The number of aryl methyl sites for hydroxylation is 3. The maximum atomic E-state index is 12.2. The van der Waals surface area contributed by atoms with Gasteiger partial charge in [0.15, 0.2) is 6.61 Å². The molecule has 128 valence electrons. The van der Waals surface area contributed by atoms with E-state index < -0.39 is 0 Å². The van der Waals surface area contributed by atoms with Gasteiger partial charge >= 0.3 is 0 Å². The standard InChI is InChI=1S/C19H23NO4/c1-12-8-13(2)19(14(3)9-12)24-11-18(21)20-16-7-6-15(22-4)10-17(16)23-5/h6-10H,11H2,1-5H3,(H,20,21). The highest BCUT2D eigenvalue weighted by Crippen LogP contribution is 2.29. The monoisotopic (exact) mass is 329 g/mol. The first-order chi connectivity index (χ1) is 11.4. The second-order valence-electron chi connectivity index (χ2n) is 5.63. The molecule has 1 amide bonds. The molecule has 1 N–H and O–H groups in total. The van der Waals surface area contributed by atoms with E-state index >= 15 is 0 Å². The number of nitrogens with one attached hydrogen (secondary N) is 1. The maximum absolute atomic E-state index is 12.2. The number of hydrogen-bond acceptors (Lipinski definition) is 4. The molecule has 0 saturated heterocycles. The van der Waals surface area contributed by atoms with Crippen molar-refractivity contribution < 1.29 is 19.0 Å². The molecule has 2 aromatic rings. The lowest BCUT2D eigenvalue weighted by molar-refractivity contribution is -0.118. The van der Waals surface area contributed by atoms with Crippen molar-refractivity contribution in [2.75, 3.05) is 26.1 Å². The summed E-state index contributed by atoms with van der Waals surface area (Å²) in [4.78, 5) is 12.2. The van der Waals surface area contributed by atoms with Crippen LogP contribution >= 0.6 is 0 Å². The van der Waals surface area contributed by atoms with Gasteiger partial charge in [-0.1, -0.05) is 17.7 Å². The molecule has 0 fully saturated rings. The summed E-state index contributed by atoms with van der Waals surface area (Å²) in [7, 11) is 3.12. The first-order valence-corrected chi connectivity index (χ1v) is 7.67. The third kappa shape index (κ3) is 4.19. The highest BCUT2D eigenvalue weighted by molar-refractivity contribution is 5.93. The molecule has 0 spiro atoms. The second kappa shape index (κ2) is 7.73. The fourth-order valence-electron chi connectivity index (χ4n) is 2.62. The maximum Gasteiger partial charge on any atom is 0.262 e. The first kappa shape index (κ1) is 17.7. The topological polar surface area (TPSA) is 56.8 Å². The molecule has 0 bridgehead atoms. The first-order valence-electron chi connectivity index (χ1n) is 7.67. The van der Waals surface area contributed by atoms with Gasteiger partial charge < -0.3 is 19.5 Å². The van der Waals surface area contributed by atoms with Gasteiger partial charge in [-0.2, -0.15) is 0 Å². The Morgan fingerprint density at radius 1 is 1.00 bits per heavy atom. The van der Waals surface area contributed by atoms with Gasteiger partial charge in [0.25, 0.3) is 5.91 Å². The van der Waals surface area contributed by atoms with Crippen LogP contribution in [0.2, 0.25) is 0 Å². The molecular weight excluding hydrogens is 306 g/mol. The van der Waals surface area contributed by atoms with Crippen LogP contribution in [0.15, 0.2) is 30.3 Å². The molecular formula is C19H23NO4. The summed E-state index contributed by atoms with van der Waals surface area (Å²) in [6.07, 6.45) is 0. The Hall–Kier alpha value is -2.69. The normalized spacial score (nSPS) is 10.2. The van der Waals surface area contributed by atoms with Gasteiger partial charge in [0, 0.05) is 6.07 Å². The Kier molecular flexibility index (Phi) is 5.68. The minimum Gasteiger partial charge on any atom is -0.497 e. The number of rotatable bonds is 6. The van der Waals surface area contributed by atoms with Gasteiger partial charge in [-0.3, -0.25) is 4.79 Å². The van der Waals surface area contributed by atoms with Gasteiger partial charge in [0.2, 0.25) is 0 Å². The van der Waals surface area contributed by atoms with Crippen LogP contribution in [0.4, 0.5) is 5.69 Å². The largest absolute Gasteiger partial charge is 0.497 e. The van der Waals surface area contributed by atoms with Gasteiger partial charge in [-0.15, -0.1) is 0 Å². The number of anilines is 1. The minimum absolute atomic E-state index is 0.0695. The van der Waals surface area contributed by atoms with Crippen molar-refractivity contribution in [3.8, 4) is 17.2 Å². The molecule has 0 aliphatic rings. The molecule has 2 aromatic carbocycles. The van der Waals surface area contributed by atoms with Crippen LogP contribution in [0.5, 0.6) is 17.2 Å². The third-order valence-corrected chi connectivity index (χ3v) is 3.64. The molecule has 0 radical (unpaired) electrons. The number of benzene rings is 2. The van der Waals surface area contributed by atoms with Crippen LogP contribution in [0, 0.1) is 20.8 Å². The van der Waals surface area contributed by atoms with Gasteiger partial charge in [-0.05, 0) is 44.0 Å². The second-order valence-corrected chi connectivity index (χ2v) is 5.63. The molecule has 0 aliphatic heterocycles. The molecule has 2 rings (SSSR count). The molecule has 0 aliphatic carbocycles. The Labute approximate surface area is 142 Å². The van der Waals surface area contributed by atoms with Gasteiger partial charge in [0.05, 0.1) is 19.9 Å². The Morgan fingerprint density at radius 3 is 2.25 bits per heavy atom. The van der Waals surface area contributed by atoms with Crippen LogP contribution in [-0.4, -0.2) is 26.7 Å². The summed E-state index contributed by atoms with van der Waals surface area (Å²) in [6, 6.07) is 9.27. The van der Waals surface area contributed by atoms with E-state index in [-0.39, 0.29) is 12.5 Å². The van der Waals surface area contributed by atoms with Crippen molar-refractivity contribution in [2.24, 2.45) is 0 Å². The number of amides is 1. The van der Waals surface area contributed by atoms with E-state index in [1.54, 1.807) is 32.4 Å². The molecule has 0 heterocycles. The number of carbonyl (C=O) groups excluding carboxylic acids is 1. The number of ether oxygens (including phenoxy) is 3. The summed E-state index contributed by atoms with van der Waals surface area (Å²) in [5, 5.41) is 2.79. The van der Waals surface area contributed by atoms with Gasteiger partial charge in [-0.25, -0.2) is 0 Å². The highest BCUT2D eigenvalue weighted by atomic mass is 16.5.